The van der Waals surface area contributed by atoms with E-state index in [2.05, 4.69) is 6.07 Å². The molecular weight excluding hydrogens is 304 g/mol. The Morgan fingerprint density at radius 3 is 2.58 bits per heavy atom. The minimum Gasteiger partial charge on any atom is -0.457 e. The van der Waals surface area contributed by atoms with Gasteiger partial charge in [-0.2, -0.15) is 5.26 Å². The molecule has 0 amide bonds. The van der Waals surface area contributed by atoms with Crippen LogP contribution in [0.3, 0.4) is 0 Å². The number of benzene rings is 2. The van der Waals surface area contributed by atoms with Gasteiger partial charge in [0.2, 0.25) is 0 Å². The Morgan fingerprint density at radius 1 is 1.08 bits per heavy atom. The molecule has 0 saturated heterocycles. The summed E-state index contributed by atoms with van der Waals surface area (Å²) in [6.07, 6.45) is 1.65. The van der Waals surface area contributed by atoms with Crippen LogP contribution in [0.4, 0.5) is 5.69 Å². The van der Waals surface area contributed by atoms with E-state index in [1.54, 1.807) is 30.3 Å². The fourth-order valence-corrected chi connectivity index (χ4v) is 2.30. The summed E-state index contributed by atoms with van der Waals surface area (Å²) in [6, 6.07) is 21.1. The molecule has 0 aliphatic rings. The molecule has 0 unspecified atom stereocenters. The lowest BCUT2D eigenvalue weighted by Crippen LogP contribution is -1.87. The Bertz CT molecular complexity index is 950. The molecule has 0 saturated carbocycles. The van der Waals surface area contributed by atoms with Crippen molar-refractivity contribution >= 4 is 17.3 Å². The molecule has 3 rings (SSSR count). The van der Waals surface area contributed by atoms with Crippen LogP contribution in [-0.2, 0) is 0 Å². The van der Waals surface area contributed by atoms with Crippen molar-refractivity contribution in [2.75, 3.05) is 0 Å². The van der Waals surface area contributed by atoms with Crippen LogP contribution in [0.1, 0.15) is 11.3 Å². The van der Waals surface area contributed by atoms with Gasteiger partial charge in [0.15, 0.2) is 0 Å². The Hall–Kier alpha value is -3.65. The first-order valence-electron chi connectivity index (χ1n) is 7.19. The van der Waals surface area contributed by atoms with Gasteiger partial charge in [-0.05, 0) is 23.8 Å². The second kappa shape index (κ2) is 6.63. The van der Waals surface area contributed by atoms with Crippen LogP contribution < -0.4 is 0 Å². The van der Waals surface area contributed by atoms with Crippen molar-refractivity contribution in [2.45, 2.75) is 0 Å². The molecule has 0 N–H and O–H groups in total. The zero-order valence-electron chi connectivity index (χ0n) is 12.5. The van der Waals surface area contributed by atoms with Gasteiger partial charge in [-0.1, -0.05) is 42.5 Å². The van der Waals surface area contributed by atoms with Gasteiger partial charge in [-0.3, -0.25) is 10.1 Å². The summed E-state index contributed by atoms with van der Waals surface area (Å²) >= 11 is 0. The Labute approximate surface area is 138 Å². The third kappa shape index (κ3) is 3.23. The van der Waals surface area contributed by atoms with Crippen LogP contribution in [0.15, 0.2) is 71.1 Å². The highest BCUT2D eigenvalue weighted by Crippen LogP contribution is 2.27. The second-order valence-corrected chi connectivity index (χ2v) is 5.05. The predicted octanol–water partition coefficient (Wildman–Crippen LogP) is 4.92. The van der Waals surface area contributed by atoms with E-state index in [1.165, 1.54) is 12.1 Å². The normalized spacial score (nSPS) is 11.0. The summed E-state index contributed by atoms with van der Waals surface area (Å²) < 4.78 is 5.71. The van der Waals surface area contributed by atoms with Gasteiger partial charge in [0.25, 0.3) is 5.69 Å². The molecule has 116 valence electrons. The highest BCUT2D eigenvalue weighted by atomic mass is 16.6. The lowest BCUT2D eigenvalue weighted by molar-refractivity contribution is -0.384. The van der Waals surface area contributed by atoms with Crippen LogP contribution in [0, 0.1) is 21.4 Å². The van der Waals surface area contributed by atoms with E-state index < -0.39 is 4.92 Å². The highest BCUT2D eigenvalue weighted by molar-refractivity contribution is 5.88. The molecular formula is C19H12N2O3. The largest absolute Gasteiger partial charge is 0.457 e. The molecule has 3 aromatic rings. The Balaban J connectivity index is 1.94. The Kier molecular flexibility index (Phi) is 4.21. The summed E-state index contributed by atoms with van der Waals surface area (Å²) in [5.41, 5.74) is 1.90. The van der Waals surface area contributed by atoms with Crippen molar-refractivity contribution in [2.24, 2.45) is 0 Å². The minimum absolute atomic E-state index is 0.00277. The SMILES string of the molecule is N#CC(=Cc1ccc(-c2cccc([N+](=O)[O-])c2)o1)c1ccccc1. The lowest BCUT2D eigenvalue weighted by Gasteiger charge is -1.98. The van der Waals surface area contributed by atoms with Crippen molar-refractivity contribution in [1.82, 2.24) is 0 Å². The van der Waals surface area contributed by atoms with Gasteiger partial charge < -0.3 is 4.42 Å². The zero-order valence-corrected chi connectivity index (χ0v) is 12.5. The fraction of sp³-hybridized carbons (Fsp3) is 0. The molecule has 0 aliphatic heterocycles. The van der Waals surface area contributed by atoms with E-state index in [0.29, 0.717) is 22.7 Å². The maximum absolute atomic E-state index is 10.9. The summed E-state index contributed by atoms with van der Waals surface area (Å²) in [5, 5.41) is 20.2. The lowest BCUT2D eigenvalue weighted by atomic mass is 10.1. The topological polar surface area (TPSA) is 80.1 Å². The summed E-state index contributed by atoms with van der Waals surface area (Å²) in [5.74, 6) is 1.02. The summed E-state index contributed by atoms with van der Waals surface area (Å²) in [4.78, 5) is 10.4. The molecule has 0 spiro atoms. The van der Waals surface area contributed by atoms with Crippen LogP contribution in [0.5, 0.6) is 0 Å². The van der Waals surface area contributed by atoms with Crippen LogP contribution in [-0.4, -0.2) is 4.92 Å². The zero-order chi connectivity index (χ0) is 16.9. The van der Waals surface area contributed by atoms with Crippen LogP contribution >= 0.6 is 0 Å². The summed E-state index contributed by atoms with van der Waals surface area (Å²) in [7, 11) is 0. The molecule has 5 heteroatoms. The molecule has 0 bridgehead atoms. The fourth-order valence-electron chi connectivity index (χ4n) is 2.30. The van der Waals surface area contributed by atoms with Gasteiger partial charge in [0.05, 0.1) is 16.6 Å². The van der Waals surface area contributed by atoms with Crippen molar-refractivity contribution in [3.63, 3.8) is 0 Å². The maximum Gasteiger partial charge on any atom is 0.270 e. The monoisotopic (exact) mass is 316 g/mol. The van der Waals surface area contributed by atoms with Crippen molar-refractivity contribution in [1.29, 1.82) is 5.26 Å². The number of nitrogens with zero attached hydrogens (tertiary/aromatic N) is 2. The van der Waals surface area contributed by atoms with Gasteiger partial charge in [0, 0.05) is 17.7 Å². The molecule has 1 heterocycles. The third-order valence-electron chi connectivity index (χ3n) is 3.46. The van der Waals surface area contributed by atoms with E-state index in [1.807, 2.05) is 30.3 Å². The van der Waals surface area contributed by atoms with Crippen molar-refractivity contribution < 1.29 is 9.34 Å². The maximum atomic E-state index is 10.9. The van der Waals surface area contributed by atoms with Crippen LogP contribution in [0.25, 0.3) is 23.0 Å². The smallest absolute Gasteiger partial charge is 0.270 e. The van der Waals surface area contributed by atoms with Gasteiger partial charge in [-0.15, -0.1) is 0 Å². The molecule has 0 atom stereocenters. The molecule has 0 radical (unpaired) electrons. The number of nitro benzene ring substituents is 1. The van der Waals surface area contributed by atoms with E-state index in [4.69, 9.17) is 4.42 Å². The Morgan fingerprint density at radius 2 is 1.88 bits per heavy atom. The number of allylic oxidation sites excluding steroid dienone is 1. The predicted molar refractivity (Wildman–Crippen MR) is 90.7 cm³/mol. The summed E-state index contributed by atoms with van der Waals surface area (Å²) in [6.45, 7) is 0. The first-order valence-corrected chi connectivity index (χ1v) is 7.19. The molecule has 1 aromatic heterocycles. The molecule has 0 aliphatic carbocycles. The number of furan rings is 1. The molecule has 5 nitrogen and oxygen atoms in total. The number of non-ortho nitro benzene ring substituents is 1. The standard InChI is InChI=1S/C19H12N2O3/c20-13-16(14-5-2-1-3-6-14)12-18-9-10-19(24-18)15-7-4-8-17(11-15)21(22)23/h1-12H. The molecule has 2 aromatic carbocycles. The number of hydrogen-bond donors (Lipinski definition) is 0. The molecule has 0 fully saturated rings. The third-order valence-corrected chi connectivity index (χ3v) is 3.46. The van der Waals surface area contributed by atoms with Crippen molar-refractivity contribution in [3.8, 4) is 17.4 Å². The molecule has 24 heavy (non-hydrogen) atoms. The van der Waals surface area contributed by atoms with E-state index in [-0.39, 0.29) is 5.69 Å². The average Bonchev–Trinajstić information content (AvgIpc) is 3.09. The average molecular weight is 316 g/mol. The first kappa shape index (κ1) is 15.3. The van der Waals surface area contributed by atoms with E-state index >= 15 is 0 Å². The minimum atomic E-state index is -0.448. The van der Waals surface area contributed by atoms with Crippen molar-refractivity contribution in [3.05, 3.63) is 88.2 Å². The number of nitriles is 1. The van der Waals surface area contributed by atoms with Crippen LogP contribution in [0.2, 0.25) is 0 Å². The quantitative estimate of drug-likeness (QED) is 0.389. The highest BCUT2D eigenvalue weighted by Gasteiger charge is 2.10. The van der Waals surface area contributed by atoms with E-state index in [9.17, 15) is 15.4 Å². The number of rotatable bonds is 4. The number of nitro groups is 1. The number of hydrogen-bond acceptors (Lipinski definition) is 4. The van der Waals surface area contributed by atoms with E-state index in [0.717, 1.165) is 5.56 Å². The van der Waals surface area contributed by atoms with Gasteiger partial charge >= 0.3 is 0 Å². The van der Waals surface area contributed by atoms with Gasteiger partial charge in [-0.25, -0.2) is 0 Å². The second-order valence-electron chi connectivity index (χ2n) is 5.05. The first-order chi connectivity index (χ1) is 11.7. The van der Waals surface area contributed by atoms with Gasteiger partial charge in [0.1, 0.15) is 11.5 Å².